The number of halogens is 1. The molecule has 1 aromatic carbocycles. The van der Waals surface area contributed by atoms with Crippen LogP contribution in [0.4, 0.5) is 5.82 Å². The summed E-state index contributed by atoms with van der Waals surface area (Å²) in [5.74, 6) is 1.07. The first-order valence-corrected chi connectivity index (χ1v) is 7.73. The topological polar surface area (TPSA) is 32.3 Å². The highest BCUT2D eigenvalue weighted by atomic mass is 79.9. The van der Waals surface area contributed by atoms with Crippen LogP contribution in [0, 0.1) is 0 Å². The van der Waals surface area contributed by atoms with E-state index in [1.807, 2.05) is 12.1 Å². The van der Waals surface area contributed by atoms with E-state index in [1.165, 1.54) is 0 Å². The lowest BCUT2D eigenvalue weighted by Crippen LogP contribution is -2.47. The van der Waals surface area contributed by atoms with E-state index in [0.717, 1.165) is 54.8 Å². The van der Waals surface area contributed by atoms with E-state index < -0.39 is 0 Å². The zero-order chi connectivity index (χ0) is 13.1. The quantitative estimate of drug-likeness (QED) is 0.811. The van der Waals surface area contributed by atoms with Crippen molar-refractivity contribution in [1.82, 2.24) is 14.9 Å². The molecule has 0 N–H and O–H groups in total. The van der Waals surface area contributed by atoms with Crippen LogP contribution < -0.4 is 4.90 Å². The molecule has 5 heteroatoms. The molecule has 0 bridgehead atoms. The minimum absolute atomic E-state index is 1.02. The van der Waals surface area contributed by atoms with Crippen LogP contribution in [0.25, 0.3) is 10.9 Å². The molecule has 0 atom stereocenters. The lowest BCUT2D eigenvalue weighted by molar-refractivity contribution is 0.273. The van der Waals surface area contributed by atoms with Crippen LogP contribution >= 0.6 is 15.9 Å². The van der Waals surface area contributed by atoms with E-state index in [1.54, 1.807) is 6.33 Å². The maximum absolute atomic E-state index is 4.49. The molecule has 0 radical (unpaired) electrons. The zero-order valence-electron chi connectivity index (χ0n) is 10.8. The standard InChI is InChI=1S/C14H17BrN4/c15-5-6-18-7-9-19(10-8-18)14-12-3-1-2-4-13(12)16-11-17-14/h1-4,11H,5-10H2. The number of para-hydroxylation sites is 1. The van der Waals surface area contributed by atoms with E-state index >= 15 is 0 Å². The van der Waals surface area contributed by atoms with Crippen molar-refractivity contribution < 1.29 is 0 Å². The van der Waals surface area contributed by atoms with Crippen LogP contribution in [-0.4, -0.2) is 52.9 Å². The highest BCUT2D eigenvalue weighted by Gasteiger charge is 2.19. The Morgan fingerprint density at radius 2 is 1.84 bits per heavy atom. The van der Waals surface area contributed by atoms with Gasteiger partial charge >= 0.3 is 0 Å². The summed E-state index contributed by atoms with van der Waals surface area (Å²) in [5, 5.41) is 2.20. The average molecular weight is 321 g/mol. The molecular weight excluding hydrogens is 304 g/mol. The zero-order valence-corrected chi connectivity index (χ0v) is 12.4. The number of aromatic nitrogens is 2. The molecule has 100 valence electrons. The molecule has 1 aliphatic heterocycles. The van der Waals surface area contributed by atoms with E-state index in [9.17, 15) is 0 Å². The van der Waals surface area contributed by atoms with Gasteiger partial charge < -0.3 is 4.90 Å². The van der Waals surface area contributed by atoms with Gasteiger partial charge in [0.1, 0.15) is 12.1 Å². The van der Waals surface area contributed by atoms with Gasteiger partial charge in [0.05, 0.1) is 5.52 Å². The highest BCUT2D eigenvalue weighted by molar-refractivity contribution is 9.09. The molecule has 0 aliphatic carbocycles. The predicted molar refractivity (Wildman–Crippen MR) is 82.0 cm³/mol. The molecule has 1 aliphatic rings. The van der Waals surface area contributed by atoms with Crippen molar-refractivity contribution in [2.45, 2.75) is 0 Å². The molecule has 0 unspecified atom stereocenters. The van der Waals surface area contributed by atoms with Gasteiger partial charge in [-0.1, -0.05) is 28.1 Å². The number of hydrogen-bond donors (Lipinski definition) is 0. The second-order valence-corrected chi connectivity index (χ2v) is 5.53. The fraction of sp³-hybridized carbons (Fsp3) is 0.429. The van der Waals surface area contributed by atoms with Crippen LogP contribution in [0.1, 0.15) is 0 Å². The fourth-order valence-corrected chi connectivity index (χ4v) is 3.05. The molecule has 1 saturated heterocycles. The van der Waals surface area contributed by atoms with Gasteiger partial charge in [-0.25, -0.2) is 9.97 Å². The second kappa shape index (κ2) is 5.84. The van der Waals surface area contributed by atoms with Crippen molar-refractivity contribution in [3.63, 3.8) is 0 Å². The van der Waals surface area contributed by atoms with Crippen molar-refractivity contribution >= 4 is 32.7 Å². The summed E-state index contributed by atoms with van der Waals surface area (Å²) < 4.78 is 0. The second-order valence-electron chi connectivity index (χ2n) is 4.73. The fourth-order valence-electron chi connectivity index (χ4n) is 2.55. The smallest absolute Gasteiger partial charge is 0.139 e. The number of fused-ring (bicyclic) bond motifs is 1. The minimum Gasteiger partial charge on any atom is -0.353 e. The van der Waals surface area contributed by atoms with Crippen LogP contribution in [0.3, 0.4) is 0 Å². The van der Waals surface area contributed by atoms with E-state index in [4.69, 9.17) is 0 Å². The Balaban J connectivity index is 1.82. The molecule has 1 fully saturated rings. The lowest BCUT2D eigenvalue weighted by Gasteiger charge is -2.35. The third-order valence-electron chi connectivity index (χ3n) is 3.59. The number of nitrogens with zero attached hydrogens (tertiary/aromatic N) is 4. The van der Waals surface area contributed by atoms with Gasteiger partial charge in [-0.15, -0.1) is 0 Å². The van der Waals surface area contributed by atoms with Crippen molar-refractivity contribution in [3.8, 4) is 0 Å². The summed E-state index contributed by atoms with van der Waals surface area (Å²) >= 11 is 3.50. The van der Waals surface area contributed by atoms with Gasteiger partial charge in [0.25, 0.3) is 0 Å². The van der Waals surface area contributed by atoms with Gasteiger partial charge in [-0.3, -0.25) is 4.90 Å². The molecule has 1 aromatic heterocycles. The van der Waals surface area contributed by atoms with Crippen LogP contribution in [0.5, 0.6) is 0 Å². The molecule has 19 heavy (non-hydrogen) atoms. The van der Waals surface area contributed by atoms with Crippen LogP contribution in [0.2, 0.25) is 0 Å². The van der Waals surface area contributed by atoms with Gasteiger partial charge in [0.2, 0.25) is 0 Å². The molecule has 2 heterocycles. The third kappa shape index (κ3) is 2.72. The maximum Gasteiger partial charge on any atom is 0.139 e. The first kappa shape index (κ1) is 12.8. The molecule has 3 rings (SSSR count). The largest absolute Gasteiger partial charge is 0.353 e. The summed E-state index contributed by atoms with van der Waals surface area (Å²) in [5.41, 5.74) is 1.02. The first-order valence-electron chi connectivity index (χ1n) is 6.61. The number of alkyl halides is 1. The van der Waals surface area contributed by atoms with Crippen molar-refractivity contribution in [2.24, 2.45) is 0 Å². The Labute approximate surface area is 121 Å². The summed E-state index contributed by atoms with van der Waals surface area (Å²) in [6.45, 7) is 5.40. The summed E-state index contributed by atoms with van der Waals surface area (Å²) in [6, 6.07) is 8.22. The Morgan fingerprint density at radius 1 is 1.05 bits per heavy atom. The van der Waals surface area contributed by atoms with Gasteiger partial charge in [-0.2, -0.15) is 0 Å². The van der Waals surface area contributed by atoms with Crippen molar-refractivity contribution in [2.75, 3.05) is 43.0 Å². The lowest BCUT2D eigenvalue weighted by atomic mass is 10.2. The minimum atomic E-state index is 1.02. The predicted octanol–water partition coefficient (Wildman–Crippen LogP) is 2.15. The van der Waals surface area contributed by atoms with Gasteiger partial charge in [0.15, 0.2) is 0 Å². The Morgan fingerprint density at radius 3 is 2.63 bits per heavy atom. The average Bonchev–Trinajstić information content (AvgIpc) is 2.48. The number of rotatable bonds is 3. The van der Waals surface area contributed by atoms with E-state index in [-0.39, 0.29) is 0 Å². The maximum atomic E-state index is 4.49. The molecule has 2 aromatic rings. The van der Waals surface area contributed by atoms with Gasteiger partial charge in [-0.05, 0) is 12.1 Å². The SMILES string of the molecule is BrCCN1CCN(c2ncnc3ccccc23)CC1. The Hall–Kier alpha value is -1.20. The molecule has 0 spiro atoms. The van der Waals surface area contributed by atoms with Crippen molar-refractivity contribution in [3.05, 3.63) is 30.6 Å². The van der Waals surface area contributed by atoms with E-state index in [2.05, 4.69) is 47.8 Å². The Bertz CT molecular complexity index is 547. The normalized spacial score (nSPS) is 17.0. The summed E-state index contributed by atoms with van der Waals surface area (Å²) in [6.07, 6.45) is 1.67. The molecule has 0 amide bonds. The molecule has 0 saturated carbocycles. The van der Waals surface area contributed by atoms with Crippen molar-refractivity contribution in [1.29, 1.82) is 0 Å². The highest BCUT2D eigenvalue weighted by Crippen LogP contribution is 2.23. The number of benzene rings is 1. The van der Waals surface area contributed by atoms with Crippen LogP contribution in [0.15, 0.2) is 30.6 Å². The van der Waals surface area contributed by atoms with E-state index in [0.29, 0.717) is 0 Å². The summed E-state index contributed by atoms with van der Waals surface area (Å²) in [7, 11) is 0. The number of anilines is 1. The molecular formula is C14H17BrN4. The van der Waals surface area contributed by atoms with Crippen LogP contribution in [-0.2, 0) is 0 Å². The monoisotopic (exact) mass is 320 g/mol. The number of hydrogen-bond acceptors (Lipinski definition) is 4. The first-order chi connectivity index (χ1) is 9.38. The number of piperazine rings is 1. The Kier molecular flexibility index (Phi) is 3.94. The third-order valence-corrected chi connectivity index (χ3v) is 3.95. The van der Waals surface area contributed by atoms with Gasteiger partial charge in [0, 0.05) is 43.4 Å². The summed E-state index contributed by atoms with van der Waals surface area (Å²) in [4.78, 5) is 13.7. The molecule has 4 nitrogen and oxygen atoms in total.